The zero-order valence-corrected chi connectivity index (χ0v) is 14.0. The van der Waals surface area contributed by atoms with Crippen LogP contribution < -0.4 is 14.4 Å². The van der Waals surface area contributed by atoms with Gasteiger partial charge in [0.15, 0.2) is 5.75 Å². The Balaban J connectivity index is 2.72. The Morgan fingerprint density at radius 2 is 1.74 bits per heavy atom. The van der Waals surface area contributed by atoms with E-state index in [1.54, 1.807) is 13.8 Å². The molecule has 1 fully saturated rings. The van der Waals surface area contributed by atoms with Gasteiger partial charge in [-0.15, -0.1) is 0 Å². The van der Waals surface area contributed by atoms with Gasteiger partial charge in [0, 0.05) is 43.0 Å². The summed E-state index contributed by atoms with van der Waals surface area (Å²) >= 11 is 0. The standard InChI is InChI=1S/C14H19FN2O5S/c1-8-11(14(18)19)9(2)13(22-23(15,20)21)10(3)12(8)17-6-4-16-5-7-17/h16H,4-7H2,1-3H3,(H,18,19). The van der Waals surface area contributed by atoms with Crippen LogP contribution in [0.1, 0.15) is 27.0 Å². The predicted molar refractivity (Wildman–Crippen MR) is 83.4 cm³/mol. The largest absolute Gasteiger partial charge is 0.488 e. The predicted octanol–water partition coefficient (Wildman–Crippen LogP) is 1.31. The molecule has 0 bridgehead atoms. The minimum atomic E-state index is -5.25. The summed E-state index contributed by atoms with van der Waals surface area (Å²) < 4.78 is 39.3. The molecule has 0 aromatic heterocycles. The Morgan fingerprint density at radius 3 is 2.22 bits per heavy atom. The SMILES string of the molecule is Cc1c(OS(=O)(=O)F)c(C)c(N2CCNCC2)c(C)c1C(=O)O. The first-order valence-corrected chi connectivity index (χ1v) is 8.41. The van der Waals surface area contributed by atoms with E-state index in [2.05, 4.69) is 9.50 Å². The van der Waals surface area contributed by atoms with Crippen molar-refractivity contribution >= 4 is 22.2 Å². The van der Waals surface area contributed by atoms with Gasteiger partial charge in [-0.3, -0.25) is 0 Å². The van der Waals surface area contributed by atoms with E-state index in [0.29, 0.717) is 43.0 Å². The Labute approximate surface area is 134 Å². The fourth-order valence-corrected chi connectivity index (χ4v) is 3.54. The molecule has 1 heterocycles. The molecule has 1 aromatic carbocycles. The lowest BCUT2D eigenvalue weighted by atomic mass is 9.95. The molecular formula is C14H19FN2O5S. The van der Waals surface area contributed by atoms with Crippen LogP contribution in [0.5, 0.6) is 5.75 Å². The van der Waals surface area contributed by atoms with Gasteiger partial charge < -0.3 is 19.5 Å². The molecule has 0 amide bonds. The van der Waals surface area contributed by atoms with Crippen LogP contribution in [0.2, 0.25) is 0 Å². The molecule has 9 heteroatoms. The zero-order chi connectivity index (χ0) is 17.4. The van der Waals surface area contributed by atoms with E-state index in [1.807, 2.05) is 4.90 Å². The Kier molecular flexibility index (Phi) is 4.81. The van der Waals surface area contributed by atoms with Gasteiger partial charge in [0.25, 0.3) is 0 Å². The summed E-state index contributed by atoms with van der Waals surface area (Å²) in [5.41, 5.74) is 1.52. The number of carbonyl (C=O) groups is 1. The molecule has 0 aliphatic carbocycles. The topological polar surface area (TPSA) is 95.9 Å². The van der Waals surface area contributed by atoms with Crippen LogP contribution in [0, 0.1) is 20.8 Å². The Morgan fingerprint density at radius 1 is 1.17 bits per heavy atom. The summed E-state index contributed by atoms with van der Waals surface area (Å²) in [7, 11) is -5.25. The van der Waals surface area contributed by atoms with Crippen molar-refractivity contribution in [2.75, 3.05) is 31.1 Å². The summed E-state index contributed by atoms with van der Waals surface area (Å²) in [5, 5.41) is 12.6. The number of carboxylic acids is 1. The molecule has 1 saturated heterocycles. The summed E-state index contributed by atoms with van der Waals surface area (Å²) in [4.78, 5) is 13.5. The second-order valence-electron chi connectivity index (χ2n) is 5.45. The maximum atomic E-state index is 13.0. The maximum Gasteiger partial charge on any atom is 0.488 e. The van der Waals surface area contributed by atoms with Crippen molar-refractivity contribution in [1.82, 2.24) is 5.32 Å². The van der Waals surface area contributed by atoms with Crippen LogP contribution in [0.25, 0.3) is 0 Å². The first-order valence-electron chi connectivity index (χ1n) is 7.10. The number of benzene rings is 1. The van der Waals surface area contributed by atoms with E-state index >= 15 is 0 Å². The van der Waals surface area contributed by atoms with E-state index in [1.165, 1.54) is 6.92 Å². The van der Waals surface area contributed by atoms with Crippen LogP contribution in [0.3, 0.4) is 0 Å². The summed E-state index contributed by atoms with van der Waals surface area (Å²) in [5.74, 6) is -1.47. The molecule has 1 aromatic rings. The van der Waals surface area contributed by atoms with Gasteiger partial charge in [0.1, 0.15) is 0 Å². The third-order valence-corrected chi connectivity index (χ3v) is 4.34. The van der Waals surface area contributed by atoms with E-state index in [9.17, 15) is 22.2 Å². The summed E-state index contributed by atoms with van der Waals surface area (Å²) in [6.07, 6.45) is 0. The van der Waals surface area contributed by atoms with Crippen molar-refractivity contribution < 1.29 is 26.4 Å². The Hall–Kier alpha value is -1.87. The van der Waals surface area contributed by atoms with Gasteiger partial charge in [0.05, 0.1) is 5.56 Å². The molecule has 0 spiro atoms. The number of aromatic carboxylic acids is 1. The van der Waals surface area contributed by atoms with Gasteiger partial charge in [-0.25, -0.2) is 4.79 Å². The first-order chi connectivity index (χ1) is 10.6. The van der Waals surface area contributed by atoms with Crippen molar-refractivity contribution in [1.29, 1.82) is 0 Å². The molecule has 23 heavy (non-hydrogen) atoms. The van der Waals surface area contributed by atoms with E-state index < -0.39 is 16.5 Å². The molecule has 2 N–H and O–H groups in total. The van der Waals surface area contributed by atoms with Crippen molar-refractivity contribution in [3.8, 4) is 5.75 Å². The monoisotopic (exact) mass is 346 g/mol. The molecule has 0 unspecified atom stereocenters. The second-order valence-corrected chi connectivity index (χ2v) is 6.40. The first kappa shape index (κ1) is 17.5. The number of hydrogen-bond acceptors (Lipinski definition) is 6. The van der Waals surface area contributed by atoms with Crippen molar-refractivity contribution in [3.05, 3.63) is 22.3 Å². The normalized spacial score (nSPS) is 15.6. The summed E-state index contributed by atoms with van der Waals surface area (Å²) in [6.45, 7) is 7.36. The minimum Gasteiger partial charge on any atom is -0.478 e. The molecule has 0 radical (unpaired) electrons. The van der Waals surface area contributed by atoms with Crippen molar-refractivity contribution in [3.63, 3.8) is 0 Å². The number of carboxylic acid groups (broad SMARTS) is 1. The maximum absolute atomic E-state index is 13.0. The molecule has 1 aliphatic heterocycles. The molecular weight excluding hydrogens is 327 g/mol. The quantitative estimate of drug-likeness (QED) is 0.794. The number of piperazine rings is 1. The molecule has 1 aliphatic rings. The van der Waals surface area contributed by atoms with E-state index in [-0.39, 0.29) is 16.9 Å². The highest BCUT2D eigenvalue weighted by atomic mass is 32.3. The third-order valence-electron chi connectivity index (χ3n) is 3.97. The molecule has 2 rings (SSSR count). The smallest absolute Gasteiger partial charge is 0.478 e. The molecule has 7 nitrogen and oxygen atoms in total. The van der Waals surface area contributed by atoms with Crippen LogP contribution >= 0.6 is 0 Å². The molecule has 0 saturated carbocycles. The van der Waals surface area contributed by atoms with Crippen molar-refractivity contribution in [2.45, 2.75) is 20.8 Å². The fourth-order valence-electron chi connectivity index (χ4n) is 3.09. The number of anilines is 1. The molecule has 0 atom stereocenters. The number of nitrogens with one attached hydrogen (secondary N) is 1. The number of halogens is 1. The van der Waals surface area contributed by atoms with Crippen molar-refractivity contribution in [2.24, 2.45) is 0 Å². The summed E-state index contributed by atoms with van der Waals surface area (Å²) in [6, 6.07) is 0. The second kappa shape index (κ2) is 6.32. The number of hydrogen-bond donors (Lipinski definition) is 2. The van der Waals surface area contributed by atoms with Crippen LogP contribution in [-0.4, -0.2) is 45.7 Å². The van der Waals surface area contributed by atoms with Gasteiger partial charge in [-0.1, -0.05) is 3.89 Å². The highest BCUT2D eigenvalue weighted by Gasteiger charge is 2.28. The van der Waals surface area contributed by atoms with Gasteiger partial charge in [-0.2, -0.15) is 8.42 Å². The fraction of sp³-hybridized carbons (Fsp3) is 0.500. The molecule has 128 valence electrons. The lowest BCUT2D eigenvalue weighted by Crippen LogP contribution is -2.44. The van der Waals surface area contributed by atoms with Crippen LogP contribution in [0.4, 0.5) is 9.57 Å². The lowest BCUT2D eigenvalue weighted by Gasteiger charge is -2.33. The van der Waals surface area contributed by atoms with E-state index in [0.717, 1.165) is 0 Å². The van der Waals surface area contributed by atoms with Crippen LogP contribution in [0.15, 0.2) is 0 Å². The minimum absolute atomic E-state index is 0.0669. The van der Waals surface area contributed by atoms with Crippen LogP contribution in [-0.2, 0) is 10.5 Å². The average molecular weight is 346 g/mol. The zero-order valence-electron chi connectivity index (χ0n) is 13.1. The highest BCUT2D eigenvalue weighted by Crippen LogP contribution is 2.39. The number of nitrogens with zero attached hydrogens (tertiary/aromatic N) is 1. The number of rotatable bonds is 4. The van der Waals surface area contributed by atoms with Gasteiger partial charge in [0.2, 0.25) is 0 Å². The highest BCUT2D eigenvalue weighted by molar-refractivity contribution is 7.81. The van der Waals surface area contributed by atoms with E-state index in [4.69, 9.17) is 0 Å². The Bertz CT molecular complexity index is 742. The lowest BCUT2D eigenvalue weighted by molar-refractivity contribution is 0.0695. The third kappa shape index (κ3) is 3.56. The van der Waals surface area contributed by atoms with Gasteiger partial charge >= 0.3 is 16.5 Å². The average Bonchev–Trinajstić information content (AvgIpc) is 2.43. The van der Waals surface area contributed by atoms with Gasteiger partial charge in [-0.05, 0) is 26.3 Å².